The molecule has 2 aromatic heterocycles. The second-order valence-electron chi connectivity index (χ2n) is 7.06. The molecule has 146 valence electrons. The number of ether oxygens (including phenoxy) is 1. The Morgan fingerprint density at radius 2 is 1.89 bits per heavy atom. The van der Waals surface area contributed by atoms with Gasteiger partial charge in [0.25, 0.3) is 5.91 Å². The standard InChI is InChI=1S/C19H19FN4O3S/c1-19(2,3)24-18(26)23-14(25)8-27-16-15-13(9-28-17(15)22-10-21-16)11-4-6-12(20)7-5-11/h4-7,9-10H,8H2,1-3H3,(H2,23,24,25,26). The number of rotatable bonds is 4. The van der Waals surface area contributed by atoms with E-state index < -0.39 is 17.5 Å². The highest BCUT2D eigenvalue weighted by Gasteiger charge is 2.18. The molecule has 0 spiro atoms. The third kappa shape index (κ3) is 4.80. The molecule has 9 heteroatoms. The molecule has 2 N–H and O–H groups in total. The van der Waals surface area contributed by atoms with Crippen LogP contribution in [0.2, 0.25) is 0 Å². The molecule has 0 radical (unpaired) electrons. The number of aromatic nitrogens is 2. The van der Waals surface area contributed by atoms with Crippen LogP contribution in [0.1, 0.15) is 20.8 Å². The summed E-state index contributed by atoms with van der Waals surface area (Å²) in [7, 11) is 0. The Morgan fingerprint density at radius 1 is 1.18 bits per heavy atom. The zero-order chi connectivity index (χ0) is 20.3. The first-order valence-electron chi connectivity index (χ1n) is 8.46. The molecular weight excluding hydrogens is 383 g/mol. The zero-order valence-electron chi connectivity index (χ0n) is 15.6. The van der Waals surface area contributed by atoms with Crippen LogP contribution in [0.15, 0.2) is 36.0 Å². The van der Waals surface area contributed by atoms with Crippen molar-refractivity contribution in [2.75, 3.05) is 6.61 Å². The van der Waals surface area contributed by atoms with Gasteiger partial charge in [-0.15, -0.1) is 11.3 Å². The fourth-order valence-corrected chi connectivity index (χ4v) is 3.37. The van der Waals surface area contributed by atoms with Crippen LogP contribution in [0.3, 0.4) is 0 Å². The first-order valence-corrected chi connectivity index (χ1v) is 9.34. The van der Waals surface area contributed by atoms with E-state index in [0.717, 1.165) is 11.1 Å². The van der Waals surface area contributed by atoms with Gasteiger partial charge in [0, 0.05) is 16.5 Å². The van der Waals surface area contributed by atoms with Gasteiger partial charge in [-0.05, 0) is 38.5 Å². The van der Waals surface area contributed by atoms with Crippen LogP contribution in [0.25, 0.3) is 21.3 Å². The fourth-order valence-electron chi connectivity index (χ4n) is 2.47. The fraction of sp³-hybridized carbons (Fsp3) is 0.263. The number of nitrogens with one attached hydrogen (secondary N) is 2. The molecule has 28 heavy (non-hydrogen) atoms. The van der Waals surface area contributed by atoms with Gasteiger partial charge >= 0.3 is 6.03 Å². The predicted molar refractivity (Wildman–Crippen MR) is 105 cm³/mol. The number of carbonyl (C=O) groups is 2. The highest BCUT2D eigenvalue weighted by atomic mass is 32.1. The van der Waals surface area contributed by atoms with Crippen molar-refractivity contribution >= 4 is 33.5 Å². The van der Waals surface area contributed by atoms with Crippen molar-refractivity contribution in [2.45, 2.75) is 26.3 Å². The summed E-state index contributed by atoms with van der Waals surface area (Å²) in [6.07, 6.45) is 1.34. The number of urea groups is 1. The minimum absolute atomic E-state index is 0.219. The van der Waals surface area contributed by atoms with Gasteiger partial charge in [0.05, 0.1) is 5.39 Å². The summed E-state index contributed by atoms with van der Waals surface area (Å²) in [6.45, 7) is 5.03. The van der Waals surface area contributed by atoms with E-state index in [2.05, 4.69) is 20.6 Å². The van der Waals surface area contributed by atoms with Crippen LogP contribution >= 0.6 is 11.3 Å². The number of imide groups is 1. The maximum absolute atomic E-state index is 13.2. The Kier molecular flexibility index (Phi) is 5.55. The van der Waals surface area contributed by atoms with Gasteiger partial charge in [-0.2, -0.15) is 0 Å². The van der Waals surface area contributed by atoms with Gasteiger partial charge in [0.2, 0.25) is 5.88 Å². The molecule has 3 aromatic rings. The zero-order valence-corrected chi connectivity index (χ0v) is 16.4. The molecule has 0 aliphatic carbocycles. The third-order valence-corrected chi connectivity index (χ3v) is 4.46. The van der Waals surface area contributed by atoms with Crippen molar-refractivity contribution < 1.29 is 18.7 Å². The lowest BCUT2D eigenvalue weighted by atomic mass is 10.1. The largest absolute Gasteiger partial charge is 0.467 e. The normalized spacial score (nSPS) is 11.3. The summed E-state index contributed by atoms with van der Waals surface area (Å²) in [5, 5.41) is 7.33. The van der Waals surface area contributed by atoms with Crippen molar-refractivity contribution in [2.24, 2.45) is 0 Å². The molecule has 0 saturated heterocycles. The van der Waals surface area contributed by atoms with E-state index in [1.165, 1.54) is 29.8 Å². The van der Waals surface area contributed by atoms with Crippen molar-refractivity contribution in [1.29, 1.82) is 0 Å². The van der Waals surface area contributed by atoms with E-state index in [4.69, 9.17) is 4.74 Å². The van der Waals surface area contributed by atoms with E-state index in [9.17, 15) is 14.0 Å². The van der Waals surface area contributed by atoms with E-state index in [0.29, 0.717) is 10.2 Å². The van der Waals surface area contributed by atoms with E-state index in [1.807, 2.05) is 5.38 Å². The molecule has 0 aliphatic rings. The summed E-state index contributed by atoms with van der Waals surface area (Å²) < 4.78 is 18.8. The number of fused-ring (bicyclic) bond motifs is 1. The summed E-state index contributed by atoms with van der Waals surface area (Å²) in [4.78, 5) is 32.8. The maximum Gasteiger partial charge on any atom is 0.321 e. The first kappa shape index (κ1) is 19.7. The van der Waals surface area contributed by atoms with Gasteiger partial charge in [0.15, 0.2) is 6.61 Å². The highest BCUT2D eigenvalue weighted by molar-refractivity contribution is 7.17. The third-order valence-electron chi connectivity index (χ3n) is 3.57. The molecular formula is C19H19FN4O3S. The van der Waals surface area contributed by atoms with Crippen LogP contribution in [0.4, 0.5) is 9.18 Å². The van der Waals surface area contributed by atoms with Crippen LogP contribution in [0.5, 0.6) is 5.88 Å². The van der Waals surface area contributed by atoms with Crippen molar-refractivity contribution in [3.8, 4) is 17.0 Å². The van der Waals surface area contributed by atoms with Gasteiger partial charge < -0.3 is 10.1 Å². The smallest absolute Gasteiger partial charge is 0.321 e. The number of benzene rings is 1. The van der Waals surface area contributed by atoms with Gasteiger partial charge in [-0.25, -0.2) is 19.2 Å². The number of carbonyl (C=O) groups excluding carboxylic acids is 2. The number of amides is 3. The molecule has 7 nitrogen and oxygen atoms in total. The highest BCUT2D eigenvalue weighted by Crippen LogP contribution is 2.37. The monoisotopic (exact) mass is 402 g/mol. The number of hydrogen-bond donors (Lipinski definition) is 2. The molecule has 0 aliphatic heterocycles. The quantitative estimate of drug-likeness (QED) is 0.697. The molecule has 3 rings (SSSR count). The molecule has 0 unspecified atom stereocenters. The summed E-state index contributed by atoms with van der Waals surface area (Å²) >= 11 is 1.39. The van der Waals surface area contributed by atoms with Crippen molar-refractivity contribution in [3.05, 3.63) is 41.8 Å². The minimum atomic E-state index is -0.605. The Labute approximate surface area is 165 Å². The summed E-state index contributed by atoms with van der Waals surface area (Å²) in [5.74, 6) is -0.717. The lowest BCUT2D eigenvalue weighted by Crippen LogP contribution is -2.49. The Bertz CT molecular complexity index is 1010. The van der Waals surface area contributed by atoms with Crippen molar-refractivity contribution in [1.82, 2.24) is 20.6 Å². The molecule has 0 atom stereocenters. The topological polar surface area (TPSA) is 93.2 Å². The van der Waals surface area contributed by atoms with Crippen LogP contribution in [-0.4, -0.2) is 34.1 Å². The lowest BCUT2D eigenvalue weighted by molar-refractivity contribution is -0.122. The summed E-state index contributed by atoms with van der Waals surface area (Å²) in [5.41, 5.74) is 1.09. The Balaban J connectivity index is 1.76. The van der Waals surface area contributed by atoms with Crippen LogP contribution in [0, 0.1) is 5.82 Å². The molecule has 2 heterocycles. The Morgan fingerprint density at radius 3 is 2.57 bits per heavy atom. The molecule has 1 aromatic carbocycles. The molecule has 0 saturated carbocycles. The van der Waals surface area contributed by atoms with Gasteiger partial charge in [-0.3, -0.25) is 10.1 Å². The average Bonchev–Trinajstić information content (AvgIpc) is 3.03. The van der Waals surface area contributed by atoms with Crippen molar-refractivity contribution in [3.63, 3.8) is 0 Å². The molecule has 0 bridgehead atoms. The predicted octanol–water partition coefficient (Wildman–Crippen LogP) is 3.50. The second-order valence-corrected chi connectivity index (χ2v) is 7.91. The number of thiophene rings is 1. The lowest BCUT2D eigenvalue weighted by Gasteiger charge is -2.20. The van der Waals surface area contributed by atoms with Gasteiger partial charge in [-0.1, -0.05) is 12.1 Å². The SMILES string of the molecule is CC(C)(C)NC(=O)NC(=O)COc1ncnc2scc(-c3ccc(F)cc3)c12. The number of hydrogen-bond acceptors (Lipinski definition) is 6. The Hall–Kier alpha value is -3.07. The molecule has 3 amide bonds. The van der Waals surface area contributed by atoms with Crippen LogP contribution < -0.4 is 15.4 Å². The number of halogens is 1. The maximum atomic E-state index is 13.2. The minimum Gasteiger partial charge on any atom is -0.467 e. The second kappa shape index (κ2) is 7.89. The number of nitrogens with zero attached hydrogens (tertiary/aromatic N) is 2. The first-order chi connectivity index (χ1) is 13.2. The average molecular weight is 402 g/mol. The van der Waals surface area contributed by atoms with E-state index in [-0.39, 0.29) is 18.3 Å². The van der Waals surface area contributed by atoms with Crippen LogP contribution in [-0.2, 0) is 4.79 Å². The van der Waals surface area contributed by atoms with Gasteiger partial charge in [0.1, 0.15) is 17.0 Å². The van der Waals surface area contributed by atoms with E-state index in [1.54, 1.807) is 32.9 Å². The van der Waals surface area contributed by atoms with E-state index >= 15 is 0 Å². The summed E-state index contributed by atoms with van der Waals surface area (Å²) in [6, 6.07) is 5.43. The molecule has 0 fully saturated rings.